The Labute approximate surface area is 69.1 Å². The van der Waals surface area contributed by atoms with Crippen LogP contribution in [0.25, 0.3) is 0 Å². The molecule has 1 aromatic rings. The van der Waals surface area contributed by atoms with E-state index < -0.39 is 0 Å². The monoisotopic (exact) mass is 168 g/mol. The fraction of sp³-hybridized carbons (Fsp3) is 0.375. The zero-order chi connectivity index (χ0) is 8.55. The molecule has 4 heteroatoms. The smallest absolute Gasteiger partial charge is 0.346 e. The first kappa shape index (κ1) is 7.21. The van der Waals surface area contributed by atoms with Crippen LogP contribution < -0.4 is 4.74 Å². The normalized spacial score (nSPS) is 14.2. The average molecular weight is 168 g/mol. The van der Waals surface area contributed by atoms with E-state index in [2.05, 4.69) is 0 Å². The Morgan fingerprint density at radius 1 is 1.67 bits per heavy atom. The minimum absolute atomic E-state index is 0.273. The number of hydrogen-bond acceptors (Lipinski definition) is 4. The minimum atomic E-state index is -0.359. The van der Waals surface area contributed by atoms with Crippen LogP contribution in [0.5, 0.6) is 5.95 Å². The van der Waals surface area contributed by atoms with Crippen molar-refractivity contribution in [1.29, 1.82) is 0 Å². The molecule has 0 radical (unpaired) electrons. The minimum Gasteiger partial charge on any atom is -0.465 e. The summed E-state index contributed by atoms with van der Waals surface area (Å²) in [6.45, 7) is 2.60. The van der Waals surface area contributed by atoms with Crippen molar-refractivity contribution >= 4 is 5.97 Å². The molecular formula is C8H8O4. The fourth-order valence-corrected chi connectivity index (χ4v) is 1.15. The Bertz CT molecular complexity index is 313. The van der Waals surface area contributed by atoms with Gasteiger partial charge in [-0.1, -0.05) is 0 Å². The van der Waals surface area contributed by atoms with Crippen LogP contribution in [0.2, 0.25) is 0 Å². The van der Waals surface area contributed by atoms with Gasteiger partial charge in [0.05, 0.1) is 6.61 Å². The van der Waals surface area contributed by atoms with Crippen LogP contribution in [0, 0.1) is 0 Å². The first-order chi connectivity index (χ1) is 5.83. The molecule has 0 aromatic carbocycles. The number of rotatable bonds is 2. The van der Waals surface area contributed by atoms with Gasteiger partial charge in [0.15, 0.2) is 5.56 Å². The second kappa shape index (κ2) is 2.55. The molecule has 4 nitrogen and oxygen atoms in total. The molecule has 0 saturated carbocycles. The van der Waals surface area contributed by atoms with Crippen molar-refractivity contribution in [2.24, 2.45) is 0 Å². The highest BCUT2D eigenvalue weighted by Gasteiger charge is 2.29. The number of ether oxygens (including phenoxy) is 2. The van der Waals surface area contributed by atoms with Crippen LogP contribution in [0.15, 0.2) is 10.7 Å². The maximum absolute atomic E-state index is 11.1. The highest BCUT2D eigenvalue weighted by Crippen LogP contribution is 2.30. The van der Waals surface area contributed by atoms with Gasteiger partial charge >= 0.3 is 5.97 Å². The van der Waals surface area contributed by atoms with Crippen LogP contribution >= 0.6 is 0 Å². The van der Waals surface area contributed by atoms with Crippen molar-refractivity contribution in [2.75, 3.05) is 6.61 Å². The summed E-state index contributed by atoms with van der Waals surface area (Å²) in [6, 6.07) is 0. The van der Waals surface area contributed by atoms with Crippen molar-refractivity contribution in [3.05, 3.63) is 17.4 Å². The number of fused-ring (bicyclic) bond motifs is 1. The molecule has 0 N–H and O–H groups in total. The Kier molecular flexibility index (Phi) is 1.53. The molecule has 0 fully saturated rings. The zero-order valence-corrected chi connectivity index (χ0v) is 6.62. The SMILES string of the molecule is CCOc1occ2c1C(=O)OC2. The second-order valence-corrected chi connectivity index (χ2v) is 2.43. The van der Waals surface area contributed by atoms with Gasteiger partial charge in [0.2, 0.25) is 0 Å². The molecule has 2 rings (SSSR count). The number of carbonyl (C=O) groups excluding carboxylic acids is 1. The van der Waals surface area contributed by atoms with E-state index in [1.807, 2.05) is 6.92 Å². The Morgan fingerprint density at radius 2 is 2.50 bits per heavy atom. The van der Waals surface area contributed by atoms with Gasteiger partial charge in [-0.3, -0.25) is 0 Å². The molecule has 2 heterocycles. The molecule has 12 heavy (non-hydrogen) atoms. The highest BCUT2D eigenvalue weighted by molar-refractivity contribution is 5.95. The molecule has 0 atom stereocenters. The van der Waals surface area contributed by atoms with Crippen molar-refractivity contribution in [3.8, 4) is 5.95 Å². The number of furan rings is 1. The van der Waals surface area contributed by atoms with Crippen LogP contribution in [-0.4, -0.2) is 12.6 Å². The average Bonchev–Trinajstić information content (AvgIpc) is 2.58. The van der Waals surface area contributed by atoms with Gasteiger partial charge in [0, 0.05) is 5.56 Å². The van der Waals surface area contributed by atoms with Gasteiger partial charge in [-0.2, -0.15) is 0 Å². The summed E-state index contributed by atoms with van der Waals surface area (Å²) >= 11 is 0. The second-order valence-electron chi connectivity index (χ2n) is 2.43. The molecule has 0 unspecified atom stereocenters. The first-order valence-corrected chi connectivity index (χ1v) is 3.73. The van der Waals surface area contributed by atoms with E-state index in [9.17, 15) is 4.79 Å². The molecule has 0 aliphatic carbocycles. The quantitative estimate of drug-likeness (QED) is 0.625. The number of esters is 1. The Balaban J connectivity index is 2.39. The summed E-state index contributed by atoms with van der Waals surface area (Å²) < 4.78 is 14.9. The molecule has 0 spiro atoms. The zero-order valence-electron chi connectivity index (χ0n) is 6.62. The van der Waals surface area contributed by atoms with Gasteiger partial charge in [0.1, 0.15) is 12.9 Å². The molecule has 1 aliphatic heterocycles. The van der Waals surface area contributed by atoms with Crippen LogP contribution in [-0.2, 0) is 11.3 Å². The lowest BCUT2D eigenvalue weighted by Gasteiger charge is -1.97. The van der Waals surface area contributed by atoms with Crippen molar-refractivity contribution in [2.45, 2.75) is 13.5 Å². The fourth-order valence-electron chi connectivity index (χ4n) is 1.15. The van der Waals surface area contributed by atoms with E-state index in [-0.39, 0.29) is 11.9 Å². The lowest BCUT2D eigenvalue weighted by atomic mass is 10.2. The van der Waals surface area contributed by atoms with E-state index >= 15 is 0 Å². The Hall–Kier alpha value is -1.45. The lowest BCUT2D eigenvalue weighted by Crippen LogP contribution is -1.98. The van der Waals surface area contributed by atoms with E-state index in [1.54, 1.807) is 0 Å². The number of cyclic esters (lactones) is 1. The van der Waals surface area contributed by atoms with Gasteiger partial charge in [-0.15, -0.1) is 0 Å². The van der Waals surface area contributed by atoms with Crippen LogP contribution in [0.4, 0.5) is 0 Å². The first-order valence-electron chi connectivity index (χ1n) is 3.73. The summed E-state index contributed by atoms with van der Waals surface area (Å²) in [5, 5.41) is 0. The van der Waals surface area contributed by atoms with Crippen LogP contribution in [0.3, 0.4) is 0 Å². The van der Waals surface area contributed by atoms with Gasteiger partial charge in [-0.05, 0) is 6.92 Å². The van der Waals surface area contributed by atoms with Crippen molar-refractivity contribution in [1.82, 2.24) is 0 Å². The summed E-state index contributed by atoms with van der Waals surface area (Å²) in [5.41, 5.74) is 1.21. The van der Waals surface area contributed by atoms with Crippen molar-refractivity contribution < 1.29 is 18.7 Å². The maximum atomic E-state index is 11.1. The van der Waals surface area contributed by atoms with E-state index in [1.165, 1.54) is 6.26 Å². The van der Waals surface area contributed by atoms with Gasteiger partial charge in [-0.25, -0.2) is 4.79 Å². The molecule has 1 aliphatic rings. The van der Waals surface area contributed by atoms with Crippen molar-refractivity contribution in [3.63, 3.8) is 0 Å². The lowest BCUT2D eigenvalue weighted by molar-refractivity contribution is 0.0523. The molecule has 1 aromatic heterocycles. The third kappa shape index (κ3) is 0.879. The molecule has 64 valence electrons. The van der Waals surface area contributed by atoms with E-state index in [0.29, 0.717) is 18.8 Å². The number of carbonyl (C=O) groups is 1. The van der Waals surface area contributed by atoms with E-state index in [4.69, 9.17) is 13.9 Å². The van der Waals surface area contributed by atoms with Gasteiger partial charge < -0.3 is 13.9 Å². The third-order valence-electron chi connectivity index (χ3n) is 1.67. The summed E-state index contributed by atoms with van der Waals surface area (Å²) in [7, 11) is 0. The van der Waals surface area contributed by atoms with Crippen LogP contribution in [0.1, 0.15) is 22.8 Å². The third-order valence-corrected chi connectivity index (χ3v) is 1.67. The molecule has 0 saturated heterocycles. The highest BCUT2D eigenvalue weighted by atomic mass is 16.6. The Morgan fingerprint density at radius 3 is 3.25 bits per heavy atom. The molecular weight excluding hydrogens is 160 g/mol. The topological polar surface area (TPSA) is 48.7 Å². The maximum Gasteiger partial charge on any atom is 0.346 e. The van der Waals surface area contributed by atoms with Gasteiger partial charge in [0.25, 0.3) is 5.95 Å². The largest absolute Gasteiger partial charge is 0.465 e. The predicted molar refractivity (Wildman–Crippen MR) is 39.0 cm³/mol. The van der Waals surface area contributed by atoms with E-state index in [0.717, 1.165) is 5.56 Å². The molecule has 0 bridgehead atoms. The molecule has 0 amide bonds. The predicted octanol–water partition coefficient (Wildman–Crippen LogP) is 1.35. The number of hydrogen-bond donors (Lipinski definition) is 0. The standard InChI is InChI=1S/C8H8O4/c1-2-10-8-6-5(4-12-8)3-11-7(6)9/h4H,2-3H2,1H3. The summed E-state index contributed by atoms with van der Waals surface area (Å²) in [4.78, 5) is 11.1. The summed E-state index contributed by atoms with van der Waals surface area (Å²) in [5.74, 6) is -0.0859. The summed E-state index contributed by atoms with van der Waals surface area (Å²) in [6.07, 6.45) is 1.49.